The predicted octanol–water partition coefficient (Wildman–Crippen LogP) is 3.84. The van der Waals surface area contributed by atoms with Gasteiger partial charge in [0.25, 0.3) is 5.91 Å². The van der Waals surface area contributed by atoms with Gasteiger partial charge in [-0.1, -0.05) is 36.5 Å². The van der Waals surface area contributed by atoms with Crippen molar-refractivity contribution < 1.29 is 23.6 Å². The first-order valence-corrected chi connectivity index (χ1v) is 13.5. The highest BCUT2D eigenvalue weighted by Gasteiger charge is 2.50. The van der Waals surface area contributed by atoms with Crippen LogP contribution >= 0.6 is 23.2 Å². The number of Topliss-reactive ketones (excluding diaryl/α,β-unsaturated/α-hetero) is 1. The third-order valence-corrected chi connectivity index (χ3v) is 8.79. The van der Waals surface area contributed by atoms with E-state index in [4.69, 9.17) is 23.2 Å². The Bertz CT molecular complexity index is 1280. The van der Waals surface area contributed by atoms with Crippen LogP contribution in [-0.4, -0.2) is 58.6 Å². The number of aromatic nitrogens is 1. The normalized spacial score (nSPS) is 25.8. The van der Waals surface area contributed by atoms with Gasteiger partial charge in [0.2, 0.25) is 11.8 Å². The number of nitrogens with zero attached hydrogens (tertiary/aromatic N) is 1. The molecule has 0 spiro atoms. The highest BCUT2D eigenvalue weighted by Crippen LogP contribution is 2.43. The first-order valence-electron chi connectivity index (χ1n) is 12.8. The molecule has 2 aliphatic heterocycles. The fourth-order valence-corrected chi connectivity index (χ4v) is 6.74. The summed E-state index contributed by atoms with van der Waals surface area (Å²) < 4.78 is 14.2. The minimum Gasteiger partial charge on any atom is -0.356 e. The van der Waals surface area contributed by atoms with Crippen LogP contribution in [0.3, 0.4) is 0 Å². The van der Waals surface area contributed by atoms with Crippen molar-refractivity contribution in [3.8, 4) is 0 Å². The van der Waals surface area contributed by atoms with Crippen molar-refractivity contribution in [2.75, 3.05) is 13.1 Å². The Morgan fingerprint density at radius 2 is 2.00 bits per heavy atom. The number of ketones is 1. The van der Waals surface area contributed by atoms with Gasteiger partial charge in [0.15, 0.2) is 11.6 Å². The number of carbonyl (C=O) groups excluding carboxylic acids is 4. The number of likely N-dealkylation sites (tertiary alicyclic amines) is 1. The summed E-state index contributed by atoms with van der Waals surface area (Å²) in [6, 6.07) is 1.32. The summed E-state index contributed by atoms with van der Waals surface area (Å²) in [4.78, 5) is 56.7. The molecule has 11 heteroatoms. The molecule has 5 rings (SSSR count). The quantitative estimate of drug-likeness (QED) is 0.454. The Kier molecular flexibility index (Phi) is 7.20. The van der Waals surface area contributed by atoms with Crippen molar-refractivity contribution in [2.24, 2.45) is 17.8 Å². The number of hydrogen-bond acceptors (Lipinski definition) is 4. The molecule has 1 aromatic carbocycles. The Balaban J connectivity index is 1.41. The number of nitrogens with one attached hydrogen (secondary N) is 3. The molecule has 3 fully saturated rings. The molecule has 5 atom stereocenters. The third-order valence-electron chi connectivity index (χ3n) is 8.15. The lowest BCUT2D eigenvalue weighted by Gasteiger charge is -2.29. The van der Waals surface area contributed by atoms with Gasteiger partial charge in [0, 0.05) is 36.3 Å². The van der Waals surface area contributed by atoms with Crippen LogP contribution in [0.25, 0.3) is 10.9 Å². The number of H-pyrrole nitrogens is 1. The molecular formula is C26H29Cl2FN4O4. The van der Waals surface area contributed by atoms with Crippen LogP contribution < -0.4 is 10.6 Å². The van der Waals surface area contributed by atoms with E-state index in [9.17, 15) is 23.6 Å². The number of hydrogen-bond donors (Lipinski definition) is 3. The zero-order chi connectivity index (χ0) is 26.4. The van der Waals surface area contributed by atoms with Crippen LogP contribution in [0, 0.1) is 23.6 Å². The number of rotatable bonds is 7. The lowest BCUT2D eigenvalue weighted by Crippen LogP contribution is -2.53. The van der Waals surface area contributed by atoms with Crippen molar-refractivity contribution in [1.29, 1.82) is 0 Å². The van der Waals surface area contributed by atoms with E-state index in [-0.39, 0.29) is 63.9 Å². The fraction of sp³-hybridized carbons (Fsp3) is 0.538. The molecule has 3 heterocycles. The first kappa shape index (κ1) is 26.0. The van der Waals surface area contributed by atoms with Crippen LogP contribution in [0.5, 0.6) is 0 Å². The summed E-state index contributed by atoms with van der Waals surface area (Å²) in [5, 5.41) is 5.66. The molecule has 1 aromatic heterocycles. The second-order valence-corrected chi connectivity index (χ2v) is 11.1. The zero-order valence-corrected chi connectivity index (χ0v) is 21.9. The summed E-state index contributed by atoms with van der Waals surface area (Å²) in [7, 11) is 0. The van der Waals surface area contributed by atoms with Gasteiger partial charge in [-0.25, -0.2) is 4.39 Å². The number of fused-ring (bicyclic) bond motifs is 2. The molecule has 37 heavy (non-hydrogen) atoms. The molecule has 198 valence electrons. The summed E-state index contributed by atoms with van der Waals surface area (Å²) >= 11 is 12.0. The van der Waals surface area contributed by atoms with Crippen LogP contribution in [0.2, 0.25) is 10.0 Å². The average molecular weight is 551 g/mol. The largest absolute Gasteiger partial charge is 0.356 e. The van der Waals surface area contributed by atoms with Gasteiger partial charge in [-0.05, 0) is 49.7 Å². The van der Waals surface area contributed by atoms with Gasteiger partial charge < -0.3 is 20.5 Å². The lowest BCUT2D eigenvalue weighted by atomic mass is 9.91. The van der Waals surface area contributed by atoms with Gasteiger partial charge in [-0.15, -0.1) is 0 Å². The van der Waals surface area contributed by atoms with E-state index in [1.807, 2.05) is 0 Å². The van der Waals surface area contributed by atoms with Crippen LogP contribution in [-0.2, 0) is 14.4 Å². The number of halogens is 3. The SMILES string of the molecule is CCC(=O)C(CC1CCNC1=O)NC(=O)C1C2CCCC2CN1C(=O)c1cc2c(Cl)c(F)c(Cl)cc2[nH]1. The Hall–Kier alpha value is -2.65. The van der Waals surface area contributed by atoms with E-state index in [0.717, 1.165) is 19.3 Å². The highest BCUT2D eigenvalue weighted by molar-refractivity contribution is 6.39. The number of aromatic amines is 1. The van der Waals surface area contributed by atoms with Crippen LogP contribution in [0.1, 0.15) is 55.9 Å². The molecule has 8 nitrogen and oxygen atoms in total. The molecule has 3 amide bonds. The van der Waals surface area contributed by atoms with E-state index in [1.54, 1.807) is 11.8 Å². The van der Waals surface area contributed by atoms with E-state index in [2.05, 4.69) is 15.6 Å². The van der Waals surface area contributed by atoms with Gasteiger partial charge >= 0.3 is 0 Å². The monoisotopic (exact) mass is 550 g/mol. The van der Waals surface area contributed by atoms with E-state index >= 15 is 0 Å². The summed E-state index contributed by atoms with van der Waals surface area (Å²) in [6.07, 6.45) is 3.79. The second kappa shape index (κ2) is 10.3. The summed E-state index contributed by atoms with van der Waals surface area (Å²) in [6.45, 7) is 2.70. The maximum absolute atomic E-state index is 14.2. The van der Waals surface area contributed by atoms with E-state index < -0.39 is 23.8 Å². The van der Waals surface area contributed by atoms with Gasteiger partial charge in [0.1, 0.15) is 11.7 Å². The van der Waals surface area contributed by atoms with Crippen molar-refractivity contribution in [2.45, 2.75) is 57.5 Å². The standard InChI is InChI=1S/C26H29Cl2FN4O4/c1-2-20(34)18(8-12-6-7-30-24(12)35)32-25(36)23-14-5-3-4-13(14)11-33(23)26(37)19-9-15-17(31-19)10-16(27)22(29)21(15)28/h9-10,12-14,18,23,31H,2-8,11H2,1H3,(H,30,35)(H,32,36). The molecule has 0 bridgehead atoms. The Morgan fingerprint density at radius 1 is 1.22 bits per heavy atom. The Labute approximate surface area is 223 Å². The summed E-state index contributed by atoms with van der Waals surface area (Å²) in [5.74, 6) is -1.95. The van der Waals surface area contributed by atoms with Gasteiger partial charge in [0.05, 0.1) is 16.1 Å². The predicted molar refractivity (Wildman–Crippen MR) is 137 cm³/mol. The lowest BCUT2D eigenvalue weighted by molar-refractivity contribution is -0.132. The number of carbonyl (C=O) groups is 4. The van der Waals surface area contributed by atoms with Crippen molar-refractivity contribution >= 4 is 57.6 Å². The minimum atomic E-state index is -0.791. The number of amides is 3. The van der Waals surface area contributed by atoms with Crippen molar-refractivity contribution in [1.82, 2.24) is 20.5 Å². The van der Waals surface area contributed by atoms with Gasteiger partial charge in [-0.3, -0.25) is 19.2 Å². The topological polar surface area (TPSA) is 111 Å². The van der Waals surface area contributed by atoms with Crippen LogP contribution in [0.15, 0.2) is 12.1 Å². The zero-order valence-electron chi connectivity index (χ0n) is 20.4. The van der Waals surface area contributed by atoms with Crippen LogP contribution in [0.4, 0.5) is 4.39 Å². The molecule has 0 radical (unpaired) electrons. The van der Waals surface area contributed by atoms with Gasteiger partial charge in [-0.2, -0.15) is 0 Å². The maximum atomic E-state index is 14.2. The molecule has 3 aliphatic rings. The molecule has 2 saturated heterocycles. The Morgan fingerprint density at radius 3 is 2.70 bits per heavy atom. The van der Waals surface area contributed by atoms with E-state index in [1.165, 1.54) is 12.1 Å². The molecular weight excluding hydrogens is 522 g/mol. The number of benzene rings is 1. The average Bonchev–Trinajstić information content (AvgIpc) is 3.65. The molecule has 2 aromatic rings. The molecule has 1 saturated carbocycles. The summed E-state index contributed by atoms with van der Waals surface area (Å²) in [5.41, 5.74) is 0.601. The van der Waals surface area contributed by atoms with E-state index in [0.29, 0.717) is 30.4 Å². The maximum Gasteiger partial charge on any atom is 0.271 e. The van der Waals surface area contributed by atoms with Crippen molar-refractivity contribution in [3.63, 3.8) is 0 Å². The second-order valence-electron chi connectivity index (χ2n) is 10.3. The minimum absolute atomic E-state index is 0.0176. The molecule has 5 unspecified atom stereocenters. The molecule has 1 aliphatic carbocycles. The highest BCUT2D eigenvalue weighted by atomic mass is 35.5. The smallest absolute Gasteiger partial charge is 0.271 e. The first-order chi connectivity index (χ1) is 17.7. The molecule has 3 N–H and O–H groups in total. The third kappa shape index (κ3) is 4.72. The fourth-order valence-electron chi connectivity index (χ4n) is 6.23. The van der Waals surface area contributed by atoms with Crippen molar-refractivity contribution in [3.05, 3.63) is 33.7 Å².